The third-order valence-electron chi connectivity index (χ3n) is 2.02. The fourth-order valence-electron chi connectivity index (χ4n) is 1.30. The normalized spacial score (nSPS) is 9.94. The van der Waals surface area contributed by atoms with Gasteiger partial charge in [0.05, 0.1) is 19.5 Å². The highest BCUT2D eigenvalue weighted by Crippen LogP contribution is 2.44. The molecule has 0 aliphatic carbocycles. The molecule has 0 heterocycles. The number of alkyl halides is 1. The lowest BCUT2D eigenvalue weighted by Gasteiger charge is -2.13. The Bertz CT molecular complexity index is 416. The maximum atomic E-state index is 11.5. The largest absolute Gasteiger partial charge is 0.507 e. The molecular weight excluding hydrogens is 280 g/mol. The van der Waals surface area contributed by atoms with Crippen LogP contribution in [0.4, 0.5) is 0 Å². The zero-order chi connectivity index (χ0) is 12.3. The van der Waals surface area contributed by atoms with Crippen molar-refractivity contribution in [2.75, 3.05) is 19.5 Å². The van der Waals surface area contributed by atoms with E-state index < -0.39 is 5.78 Å². The predicted molar refractivity (Wildman–Crippen MR) is 61.0 cm³/mol. The standard InChI is InChI=1S/C10H11BrO5/c1-15-7-3-5(12)8(6(13)4-11)10(16-2)9(7)14/h3,12,14H,4H2,1-2H3. The van der Waals surface area contributed by atoms with Crippen molar-refractivity contribution in [3.05, 3.63) is 11.6 Å². The molecule has 6 heteroatoms. The number of ether oxygens (including phenoxy) is 2. The number of carbonyl (C=O) groups is 1. The van der Waals surface area contributed by atoms with Gasteiger partial charge in [-0.1, -0.05) is 15.9 Å². The van der Waals surface area contributed by atoms with Crippen molar-refractivity contribution in [2.24, 2.45) is 0 Å². The van der Waals surface area contributed by atoms with Crippen molar-refractivity contribution in [2.45, 2.75) is 0 Å². The first-order valence-corrected chi connectivity index (χ1v) is 5.45. The molecule has 0 radical (unpaired) electrons. The molecule has 16 heavy (non-hydrogen) atoms. The van der Waals surface area contributed by atoms with Gasteiger partial charge < -0.3 is 19.7 Å². The van der Waals surface area contributed by atoms with Crippen molar-refractivity contribution >= 4 is 21.7 Å². The molecule has 1 aromatic rings. The summed E-state index contributed by atoms with van der Waals surface area (Å²) in [6.07, 6.45) is 0. The minimum atomic E-state index is -0.396. The van der Waals surface area contributed by atoms with Crippen LogP contribution in [0.1, 0.15) is 10.4 Å². The second-order valence-corrected chi connectivity index (χ2v) is 3.47. The zero-order valence-electron chi connectivity index (χ0n) is 8.78. The maximum absolute atomic E-state index is 11.5. The Morgan fingerprint density at radius 3 is 2.44 bits per heavy atom. The van der Waals surface area contributed by atoms with Gasteiger partial charge in [-0.05, 0) is 0 Å². The monoisotopic (exact) mass is 290 g/mol. The van der Waals surface area contributed by atoms with E-state index in [1.165, 1.54) is 14.2 Å². The van der Waals surface area contributed by atoms with Crippen LogP contribution in [0.25, 0.3) is 0 Å². The number of ketones is 1. The van der Waals surface area contributed by atoms with Gasteiger partial charge in [-0.15, -0.1) is 0 Å². The minimum Gasteiger partial charge on any atom is -0.507 e. The minimum absolute atomic E-state index is 0.0166. The molecule has 0 spiro atoms. The molecular formula is C10H11BrO5. The van der Waals surface area contributed by atoms with E-state index in [1.807, 2.05) is 0 Å². The van der Waals surface area contributed by atoms with Crippen LogP contribution in [0, 0.1) is 0 Å². The highest BCUT2D eigenvalue weighted by molar-refractivity contribution is 9.09. The van der Waals surface area contributed by atoms with E-state index in [9.17, 15) is 15.0 Å². The topological polar surface area (TPSA) is 76.0 Å². The molecule has 1 aromatic carbocycles. The van der Waals surface area contributed by atoms with Crippen LogP contribution in [0.3, 0.4) is 0 Å². The molecule has 0 unspecified atom stereocenters. The van der Waals surface area contributed by atoms with E-state index in [0.29, 0.717) is 0 Å². The molecule has 0 fully saturated rings. The molecule has 0 aromatic heterocycles. The zero-order valence-corrected chi connectivity index (χ0v) is 10.4. The Labute approximate surface area is 101 Å². The summed E-state index contributed by atoms with van der Waals surface area (Å²) >= 11 is 2.98. The lowest BCUT2D eigenvalue weighted by atomic mass is 10.1. The highest BCUT2D eigenvalue weighted by atomic mass is 79.9. The first-order chi connectivity index (χ1) is 7.56. The smallest absolute Gasteiger partial charge is 0.201 e. The lowest BCUT2D eigenvalue weighted by Crippen LogP contribution is -2.04. The summed E-state index contributed by atoms with van der Waals surface area (Å²) in [5.41, 5.74) is -0.0716. The molecule has 88 valence electrons. The van der Waals surface area contributed by atoms with Gasteiger partial charge in [-0.3, -0.25) is 4.79 Å². The van der Waals surface area contributed by atoms with Crippen molar-refractivity contribution in [3.63, 3.8) is 0 Å². The SMILES string of the molecule is COc1cc(O)c(C(=O)CBr)c(OC)c1O. The van der Waals surface area contributed by atoms with Crippen LogP contribution in [0.5, 0.6) is 23.0 Å². The van der Waals surface area contributed by atoms with Gasteiger partial charge in [0.15, 0.2) is 17.3 Å². The number of benzene rings is 1. The second-order valence-electron chi connectivity index (χ2n) is 2.91. The number of hydrogen-bond donors (Lipinski definition) is 2. The number of carbonyl (C=O) groups excluding carboxylic acids is 1. The Balaban J connectivity index is 3.49. The summed E-state index contributed by atoms with van der Waals surface area (Å²) < 4.78 is 9.71. The fourth-order valence-corrected chi connectivity index (χ4v) is 1.58. The summed E-state index contributed by atoms with van der Waals surface area (Å²) in [6.45, 7) is 0. The summed E-state index contributed by atoms with van der Waals surface area (Å²) in [4.78, 5) is 11.5. The number of hydrogen-bond acceptors (Lipinski definition) is 5. The second kappa shape index (κ2) is 5.07. The molecule has 2 N–H and O–H groups in total. The van der Waals surface area contributed by atoms with Gasteiger partial charge in [0.1, 0.15) is 11.3 Å². The highest BCUT2D eigenvalue weighted by Gasteiger charge is 2.23. The molecule has 1 rings (SSSR count). The summed E-state index contributed by atoms with van der Waals surface area (Å²) in [5, 5.41) is 19.4. The number of rotatable bonds is 4. The first kappa shape index (κ1) is 12.6. The number of methoxy groups -OCH3 is 2. The van der Waals surface area contributed by atoms with E-state index >= 15 is 0 Å². The molecule has 0 amide bonds. The van der Waals surface area contributed by atoms with E-state index in [-0.39, 0.29) is 33.9 Å². The van der Waals surface area contributed by atoms with Gasteiger partial charge in [0.25, 0.3) is 0 Å². The molecule has 0 bridgehead atoms. The first-order valence-electron chi connectivity index (χ1n) is 4.32. The Morgan fingerprint density at radius 2 is 2.00 bits per heavy atom. The van der Waals surface area contributed by atoms with Crippen molar-refractivity contribution in [1.29, 1.82) is 0 Å². The van der Waals surface area contributed by atoms with Crippen LogP contribution < -0.4 is 9.47 Å². The van der Waals surface area contributed by atoms with Crippen molar-refractivity contribution in [3.8, 4) is 23.0 Å². The third kappa shape index (κ3) is 2.06. The van der Waals surface area contributed by atoms with Crippen LogP contribution in [-0.4, -0.2) is 35.5 Å². The molecule has 0 aliphatic heterocycles. The van der Waals surface area contributed by atoms with E-state index in [0.717, 1.165) is 6.07 Å². The summed E-state index contributed by atoms with van der Waals surface area (Å²) in [7, 11) is 2.62. The Morgan fingerprint density at radius 1 is 1.38 bits per heavy atom. The number of Topliss-reactive ketones (excluding diaryl/α,β-unsaturated/α-hetero) is 1. The molecule has 5 nitrogen and oxygen atoms in total. The quantitative estimate of drug-likeness (QED) is 0.501. The lowest BCUT2D eigenvalue weighted by molar-refractivity contribution is 0.101. The van der Waals surface area contributed by atoms with Crippen LogP contribution in [0.2, 0.25) is 0 Å². The third-order valence-corrected chi connectivity index (χ3v) is 2.53. The van der Waals surface area contributed by atoms with Crippen LogP contribution >= 0.6 is 15.9 Å². The molecule has 0 saturated heterocycles. The molecule has 0 aliphatic rings. The average molecular weight is 291 g/mol. The average Bonchev–Trinajstić information content (AvgIpc) is 2.29. The Hall–Kier alpha value is -1.43. The summed E-state index contributed by atoms with van der Waals surface area (Å²) in [6, 6.07) is 1.16. The van der Waals surface area contributed by atoms with E-state index in [1.54, 1.807) is 0 Å². The number of aromatic hydroxyl groups is 2. The van der Waals surface area contributed by atoms with Gasteiger partial charge >= 0.3 is 0 Å². The van der Waals surface area contributed by atoms with Crippen LogP contribution in [-0.2, 0) is 0 Å². The summed E-state index contributed by atoms with van der Waals surface area (Å²) in [5.74, 6) is -1.06. The predicted octanol–water partition coefficient (Wildman–Crippen LogP) is 1.69. The van der Waals surface area contributed by atoms with Gasteiger partial charge in [-0.2, -0.15) is 0 Å². The fraction of sp³-hybridized carbons (Fsp3) is 0.300. The van der Waals surface area contributed by atoms with Crippen molar-refractivity contribution in [1.82, 2.24) is 0 Å². The van der Waals surface area contributed by atoms with Crippen molar-refractivity contribution < 1.29 is 24.5 Å². The van der Waals surface area contributed by atoms with Crippen LogP contribution in [0.15, 0.2) is 6.07 Å². The number of halogens is 1. The molecule has 0 saturated carbocycles. The molecule has 0 atom stereocenters. The van der Waals surface area contributed by atoms with Gasteiger partial charge in [0, 0.05) is 6.07 Å². The number of phenols is 2. The maximum Gasteiger partial charge on any atom is 0.201 e. The van der Waals surface area contributed by atoms with Gasteiger partial charge in [-0.25, -0.2) is 0 Å². The van der Waals surface area contributed by atoms with Gasteiger partial charge in [0.2, 0.25) is 5.75 Å². The number of phenolic OH excluding ortho intramolecular Hbond substituents is 2. The van der Waals surface area contributed by atoms with E-state index in [2.05, 4.69) is 15.9 Å². The Kier molecular flexibility index (Phi) is 4.00. The van der Waals surface area contributed by atoms with E-state index in [4.69, 9.17) is 9.47 Å².